The van der Waals surface area contributed by atoms with E-state index < -0.39 is 21.6 Å². The number of hydrogen-bond donors (Lipinski definition) is 1. The van der Waals surface area contributed by atoms with Crippen LogP contribution in [0.15, 0.2) is 24.3 Å². The zero-order valence-electron chi connectivity index (χ0n) is 21.7. The number of amides is 2. The maximum atomic E-state index is 12.8. The van der Waals surface area contributed by atoms with Crippen LogP contribution in [0.1, 0.15) is 33.6 Å². The number of hydrogen-bond acceptors (Lipinski definition) is 6. The molecular formula is C25H44N4O4S2. The lowest BCUT2D eigenvalue weighted by molar-refractivity contribution is 0.160. The lowest BCUT2D eigenvalue weighted by Crippen LogP contribution is -2.49. The summed E-state index contributed by atoms with van der Waals surface area (Å²) < 4.78 is 28.9. The Labute approximate surface area is 216 Å². The SMILES string of the molecule is CC(C)C.NCCS(=O)CCCOc1ccc(N2CCCN(C(=O)N3CCS(=O)CC3)CC2)cc1. The van der Waals surface area contributed by atoms with Crippen LogP contribution in [0, 0.1) is 5.92 Å². The second kappa shape index (κ2) is 16.2. The van der Waals surface area contributed by atoms with Crippen molar-refractivity contribution in [2.45, 2.75) is 33.6 Å². The topological polar surface area (TPSA) is 96.2 Å². The number of nitrogens with two attached hydrogens (primary N) is 1. The van der Waals surface area contributed by atoms with Gasteiger partial charge in [-0.2, -0.15) is 0 Å². The third-order valence-corrected chi connectivity index (χ3v) is 8.26. The number of ether oxygens (including phenoxy) is 1. The predicted octanol–water partition coefficient (Wildman–Crippen LogP) is 2.52. The molecule has 2 saturated heterocycles. The Bertz CT molecular complexity index is 794. The lowest BCUT2D eigenvalue weighted by atomic mass is 10.2. The standard InChI is InChI=1S/C21H34N4O4S2.C4H10/c22-7-16-30(27)15-2-14-29-20-5-3-19(4-6-20)23-8-1-9-24(11-10-23)21(26)25-12-17-31(28)18-13-25;1-4(2)3/h3-6H,1-2,7-18,22H2;4H,1-3H3. The largest absolute Gasteiger partial charge is 0.494 e. The number of carbonyl (C=O) groups is 1. The van der Waals surface area contributed by atoms with Gasteiger partial charge in [-0.1, -0.05) is 20.8 Å². The third-order valence-electron chi connectivity index (χ3n) is 5.55. The minimum atomic E-state index is -0.853. The molecule has 0 aliphatic carbocycles. The summed E-state index contributed by atoms with van der Waals surface area (Å²) in [7, 11) is -1.63. The van der Waals surface area contributed by atoms with Crippen LogP contribution >= 0.6 is 0 Å². The molecule has 1 atom stereocenters. The molecule has 1 unspecified atom stereocenters. The van der Waals surface area contributed by atoms with E-state index in [1.165, 1.54) is 0 Å². The van der Waals surface area contributed by atoms with Crippen LogP contribution < -0.4 is 15.4 Å². The quantitative estimate of drug-likeness (QED) is 0.521. The first-order chi connectivity index (χ1) is 16.8. The summed E-state index contributed by atoms with van der Waals surface area (Å²) in [5, 5.41) is 0. The third kappa shape index (κ3) is 11.3. The molecule has 1 aromatic carbocycles. The second-order valence-corrected chi connectivity index (χ2v) is 12.9. The molecule has 2 heterocycles. The van der Waals surface area contributed by atoms with Gasteiger partial charge in [0.05, 0.1) is 6.61 Å². The maximum absolute atomic E-state index is 12.8. The minimum absolute atomic E-state index is 0.0784. The number of carbonyl (C=O) groups excluding carboxylic acids is 1. The molecule has 3 rings (SSSR count). The molecule has 0 radical (unpaired) electrons. The fourth-order valence-electron chi connectivity index (χ4n) is 3.79. The van der Waals surface area contributed by atoms with Gasteiger partial charge in [-0.3, -0.25) is 8.42 Å². The summed E-state index contributed by atoms with van der Waals surface area (Å²) in [6.07, 6.45) is 1.67. The van der Waals surface area contributed by atoms with Gasteiger partial charge in [-0.05, 0) is 43.0 Å². The van der Waals surface area contributed by atoms with E-state index in [2.05, 4.69) is 37.8 Å². The average molecular weight is 529 g/mol. The zero-order valence-corrected chi connectivity index (χ0v) is 23.3. The van der Waals surface area contributed by atoms with E-state index in [-0.39, 0.29) is 6.03 Å². The summed E-state index contributed by atoms with van der Waals surface area (Å²) in [6.45, 7) is 11.8. The minimum Gasteiger partial charge on any atom is -0.494 e. The highest BCUT2D eigenvalue weighted by molar-refractivity contribution is 7.85. The predicted molar refractivity (Wildman–Crippen MR) is 147 cm³/mol. The molecule has 10 heteroatoms. The molecule has 35 heavy (non-hydrogen) atoms. The molecule has 2 fully saturated rings. The molecule has 200 valence electrons. The maximum Gasteiger partial charge on any atom is 0.320 e. The van der Waals surface area contributed by atoms with Gasteiger partial charge >= 0.3 is 6.03 Å². The van der Waals surface area contributed by atoms with Crippen LogP contribution in [-0.2, 0) is 21.6 Å². The van der Waals surface area contributed by atoms with Crippen molar-refractivity contribution in [2.24, 2.45) is 11.7 Å². The number of rotatable bonds is 8. The fraction of sp³-hybridized carbons (Fsp3) is 0.720. The number of nitrogens with zero attached hydrogens (tertiary/aromatic N) is 3. The Morgan fingerprint density at radius 1 is 1.00 bits per heavy atom. The smallest absolute Gasteiger partial charge is 0.320 e. The highest BCUT2D eigenvalue weighted by Crippen LogP contribution is 2.21. The number of benzene rings is 1. The van der Waals surface area contributed by atoms with Crippen molar-refractivity contribution in [1.29, 1.82) is 0 Å². The van der Waals surface area contributed by atoms with Gasteiger partial charge < -0.3 is 25.2 Å². The van der Waals surface area contributed by atoms with Crippen molar-refractivity contribution < 1.29 is 17.9 Å². The molecule has 1 aromatic rings. The van der Waals surface area contributed by atoms with Crippen molar-refractivity contribution >= 4 is 33.3 Å². The normalized spacial score (nSPS) is 18.0. The Balaban J connectivity index is 0.00000100. The molecule has 2 aliphatic rings. The van der Waals surface area contributed by atoms with Gasteiger partial charge in [0.1, 0.15) is 5.75 Å². The molecule has 0 spiro atoms. The van der Waals surface area contributed by atoms with Crippen LogP contribution in [0.5, 0.6) is 5.75 Å². The van der Waals surface area contributed by atoms with E-state index in [0.29, 0.717) is 55.8 Å². The Morgan fingerprint density at radius 2 is 1.63 bits per heavy atom. The number of urea groups is 1. The van der Waals surface area contributed by atoms with E-state index in [9.17, 15) is 13.2 Å². The molecule has 2 amide bonds. The zero-order chi connectivity index (χ0) is 25.6. The van der Waals surface area contributed by atoms with Crippen LogP contribution in [0.3, 0.4) is 0 Å². The molecule has 0 aromatic heterocycles. The van der Waals surface area contributed by atoms with E-state index >= 15 is 0 Å². The molecule has 2 N–H and O–H groups in total. The van der Waals surface area contributed by atoms with Crippen LogP contribution in [-0.4, -0.2) is 99.7 Å². The van der Waals surface area contributed by atoms with Crippen molar-refractivity contribution in [2.75, 3.05) is 80.3 Å². The van der Waals surface area contributed by atoms with E-state index in [0.717, 1.165) is 49.8 Å². The first kappa shape index (κ1) is 29.6. The van der Waals surface area contributed by atoms with Crippen molar-refractivity contribution in [3.8, 4) is 5.75 Å². The number of anilines is 1. The Morgan fingerprint density at radius 3 is 2.26 bits per heavy atom. The Kier molecular flexibility index (Phi) is 13.7. The van der Waals surface area contributed by atoms with Crippen molar-refractivity contribution in [1.82, 2.24) is 9.80 Å². The van der Waals surface area contributed by atoms with Gasteiger partial charge in [0.15, 0.2) is 0 Å². The summed E-state index contributed by atoms with van der Waals surface area (Å²) in [6, 6.07) is 8.12. The summed E-state index contributed by atoms with van der Waals surface area (Å²) >= 11 is 0. The average Bonchev–Trinajstić information content (AvgIpc) is 3.09. The van der Waals surface area contributed by atoms with E-state index in [1.54, 1.807) is 0 Å². The van der Waals surface area contributed by atoms with Crippen LogP contribution in [0.25, 0.3) is 0 Å². The lowest BCUT2D eigenvalue weighted by Gasteiger charge is -2.32. The van der Waals surface area contributed by atoms with E-state index in [4.69, 9.17) is 10.5 Å². The van der Waals surface area contributed by atoms with Gasteiger partial charge in [-0.25, -0.2) is 4.79 Å². The summed E-state index contributed by atoms with van der Waals surface area (Å²) in [5.74, 6) is 3.99. The second-order valence-electron chi connectivity index (χ2n) is 9.51. The van der Waals surface area contributed by atoms with Gasteiger partial charge in [-0.15, -0.1) is 0 Å². The van der Waals surface area contributed by atoms with Gasteiger partial charge in [0.2, 0.25) is 0 Å². The molecular weight excluding hydrogens is 484 g/mol. The fourth-order valence-corrected chi connectivity index (χ4v) is 5.75. The van der Waals surface area contributed by atoms with Crippen LogP contribution in [0.4, 0.5) is 10.5 Å². The molecule has 0 bridgehead atoms. The van der Waals surface area contributed by atoms with Crippen LogP contribution in [0.2, 0.25) is 0 Å². The van der Waals surface area contributed by atoms with Gasteiger partial charge in [0.25, 0.3) is 0 Å². The summed E-state index contributed by atoms with van der Waals surface area (Å²) in [5.41, 5.74) is 6.54. The molecule has 8 nitrogen and oxygen atoms in total. The van der Waals surface area contributed by atoms with Crippen molar-refractivity contribution in [3.63, 3.8) is 0 Å². The summed E-state index contributed by atoms with van der Waals surface area (Å²) in [4.78, 5) is 18.9. The van der Waals surface area contributed by atoms with Gasteiger partial charge in [0, 0.05) is 96.1 Å². The first-order valence-corrected chi connectivity index (χ1v) is 15.7. The monoisotopic (exact) mass is 528 g/mol. The highest BCUT2D eigenvalue weighted by Gasteiger charge is 2.26. The van der Waals surface area contributed by atoms with Crippen molar-refractivity contribution in [3.05, 3.63) is 24.3 Å². The highest BCUT2D eigenvalue weighted by atomic mass is 32.2. The van der Waals surface area contributed by atoms with E-state index in [1.807, 2.05) is 21.9 Å². The first-order valence-electron chi connectivity index (χ1n) is 12.7. The Hall–Kier alpha value is -1.65. The molecule has 2 aliphatic heterocycles. The molecule has 0 saturated carbocycles.